The van der Waals surface area contributed by atoms with E-state index in [1.165, 1.54) is 0 Å². The third kappa shape index (κ3) is 3.70. The second-order valence-electron chi connectivity index (χ2n) is 6.20. The van der Waals surface area contributed by atoms with Crippen molar-refractivity contribution in [3.63, 3.8) is 0 Å². The number of nitrogens with zero attached hydrogens (tertiary/aromatic N) is 1. The Morgan fingerprint density at radius 2 is 2.29 bits per heavy atom. The molecule has 0 aliphatic heterocycles. The predicted molar refractivity (Wildman–Crippen MR) is 99.3 cm³/mol. The van der Waals surface area contributed by atoms with Gasteiger partial charge in [-0.15, -0.1) is 0 Å². The fraction of sp³-hybridized carbons (Fsp3) is 0.444. The van der Waals surface area contributed by atoms with Crippen molar-refractivity contribution in [2.45, 2.75) is 44.7 Å². The summed E-state index contributed by atoms with van der Waals surface area (Å²) < 4.78 is 6.15. The number of carbonyl (C=O) groups is 1. The first-order valence-corrected chi connectivity index (χ1v) is 9.15. The van der Waals surface area contributed by atoms with Crippen molar-refractivity contribution in [1.82, 2.24) is 4.98 Å². The molecular formula is C18H22BrN3O2. The van der Waals surface area contributed by atoms with Gasteiger partial charge >= 0.3 is 5.97 Å². The van der Waals surface area contributed by atoms with Gasteiger partial charge in [0.05, 0.1) is 17.8 Å². The molecular weight excluding hydrogens is 370 g/mol. The Bertz CT molecular complexity index is 750. The molecule has 0 spiro atoms. The number of pyridine rings is 1. The van der Waals surface area contributed by atoms with E-state index >= 15 is 0 Å². The lowest BCUT2D eigenvalue weighted by Crippen LogP contribution is -2.35. The van der Waals surface area contributed by atoms with Gasteiger partial charge in [0, 0.05) is 28.1 Å². The quantitative estimate of drug-likeness (QED) is 0.773. The van der Waals surface area contributed by atoms with E-state index in [9.17, 15) is 4.79 Å². The number of carbonyl (C=O) groups excluding carboxylic acids is 1. The normalized spacial score (nSPS) is 20.8. The number of nitrogens with two attached hydrogens (primary N) is 1. The lowest BCUT2D eigenvalue weighted by molar-refractivity contribution is 0.0527. The Balaban J connectivity index is 2.04. The van der Waals surface area contributed by atoms with E-state index in [2.05, 4.69) is 26.2 Å². The van der Waals surface area contributed by atoms with E-state index in [0.717, 1.165) is 46.7 Å². The van der Waals surface area contributed by atoms with Crippen LogP contribution in [0.15, 0.2) is 28.9 Å². The van der Waals surface area contributed by atoms with Crippen molar-refractivity contribution in [3.05, 3.63) is 34.4 Å². The number of halogens is 1. The number of anilines is 1. The summed E-state index contributed by atoms with van der Waals surface area (Å²) in [7, 11) is 0. The summed E-state index contributed by atoms with van der Waals surface area (Å²) in [4.78, 5) is 16.8. The van der Waals surface area contributed by atoms with Crippen molar-refractivity contribution in [3.8, 4) is 0 Å². The van der Waals surface area contributed by atoms with Gasteiger partial charge in [0.1, 0.15) is 5.56 Å². The highest BCUT2D eigenvalue weighted by atomic mass is 79.9. The molecule has 2 atom stereocenters. The van der Waals surface area contributed by atoms with Gasteiger partial charge in [-0.2, -0.15) is 0 Å². The molecule has 6 heteroatoms. The smallest absolute Gasteiger partial charge is 0.341 e. The van der Waals surface area contributed by atoms with Gasteiger partial charge in [-0.25, -0.2) is 4.79 Å². The lowest BCUT2D eigenvalue weighted by atomic mass is 9.91. The summed E-state index contributed by atoms with van der Waals surface area (Å²) in [6, 6.07) is 6.33. The average Bonchev–Trinajstić information content (AvgIpc) is 2.55. The molecule has 1 heterocycles. The minimum atomic E-state index is -0.352. The average molecular weight is 392 g/mol. The predicted octanol–water partition coefficient (Wildman–Crippen LogP) is 3.86. The van der Waals surface area contributed by atoms with Gasteiger partial charge in [0.25, 0.3) is 0 Å². The highest BCUT2D eigenvalue weighted by molar-refractivity contribution is 9.10. The molecule has 2 unspecified atom stereocenters. The van der Waals surface area contributed by atoms with Crippen LogP contribution in [0.5, 0.6) is 0 Å². The Hall–Kier alpha value is -1.66. The molecule has 24 heavy (non-hydrogen) atoms. The summed E-state index contributed by atoms with van der Waals surface area (Å²) in [6.07, 6.45) is 5.71. The summed E-state index contributed by atoms with van der Waals surface area (Å²) >= 11 is 3.50. The van der Waals surface area contributed by atoms with E-state index < -0.39 is 0 Å². The van der Waals surface area contributed by atoms with Crippen LogP contribution in [0.3, 0.4) is 0 Å². The van der Waals surface area contributed by atoms with Gasteiger partial charge in [-0.05, 0) is 50.8 Å². The third-order valence-electron chi connectivity index (χ3n) is 4.39. The van der Waals surface area contributed by atoms with Gasteiger partial charge in [-0.3, -0.25) is 4.98 Å². The third-order valence-corrected chi connectivity index (χ3v) is 4.88. The number of benzene rings is 1. The van der Waals surface area contributed by atoms with Gasteiger partial charge in [0.2, 0.25) is 0 Å². The maximum Gasteiger partial charge on any atom is 0.341 e. The molecule has 1 aliphatic carbocycles. The van der Waals surface area contributed by atoms with E-state index in [1.54, 1.807) is 13.1 Å². The minimum Gasteiger partial charge on any atom is -0.462 e. The summed E-state index contributed by atoms with van der Waals surface area (Å²) in [5, 5.41) is 4.46. The number of hydrogen-bond acceptors (Lipinski definition) is 5. The van der Waals surface area contributed by atoms with Crippen LogP contribution in [0, 0.1) is 0 Å². The van der Waals surface area contributed by atoms with Crippen LogP contribution >= 0.6 is 15.9 Å². The summed E-state index contributed by atoms with van der Waals surface area (Å²) in [5.41, 5.74) is 8.22. The van der Waals surface area contributed by atoms with E-state index in [4.69, 9.17) is 10.5 Å². The van der Waals surface area contributed by atoms with Crippen LogP contribution in [0.4, 0.5) is 5.69 Å². The van der Waals surface area contributed by atoms with Crippen LogP contribution in [0.2, 0.25) is 0 Å². The topological polar surface area (TPSA) is 77.2 Å². The second-order valence-corrected chi connectivity index (χ2v) is 7.11. The highest BCUT2D eigenvalue weighted by Gasteiger charge is 2.23. The fourth-order valence-corrected chi connectivity index (χ4v) is 3.61. The van der Waals surface area contributed by atoms with Crippen molar-refractivity contribution >= 4 is 38.5 Å². The summed E-state index contributed by atoms with van der Waals surface area (Å²) in [6.45, 7) is 2.14. The maximum atomic E-state index is 12.4. The molecule has 3 rings (SSSR count). The molecule has 5 nitrogen and oxygen atoms in total. The zero-order valence-electron chi connectivity index (χ0n) is 13.7. The molecule has 0 bridgehead atoms. The van der Waals surface area contributed by atoms with Gasteiger partial charge < -0.3 is 15.8 Å². The van der Waals surface area contributed by atoms with Crippen LogP contribution < -0.4 is 11.1 Å². The number of esters is 1. The van der Waals surface area contributed by atoms with Crippen molar-refractivity contribution in [2.75, 3.05) is 11.9 Å². The first-order chi connectivity index (χ1) is 11.6. The molecule has 1 saturated carbocycles. The number of nitrogens with one attached hydrogen (secondary N) is 1. The number of fused-ring (bicyclic) bond motifs is 1. The van der Waals surface area contributed by atoms with Gasteiger partial charge in [-0.1, -0.05) is 15.9 Å². The number of ether oxygens (including phenoxy) is 1. The molecule has 1 aromatic carbocycles. The first-order valence-electron chi connectivity index (χ1n) is 8.36. The van der Waals surface area contributed by atoms with E-state index in [0.29, 0.717) is 12.2 Å². The first kappa shape index (κ1) is 17.2. The second kappa shape index (κ2) is 7.49. The molecule has 1 aliphatic rings. The van der Waals surface area contributed by atoms with E-state index in [-0.39, 0.29) is 18.1 Å². The monoisotopic (exact) mass is 391 g/mol. The van der Waals surface area contributed by atoms with Gasteiger partial charge in [0.15, 0.2) is 0 Å². The Kier molecular flexibility index (Phi) is 5.36. The van der Waals surface area contributed by atoms with Crippen molar-refractivity contribution in [2.24, 2.45) is 5.73 Å². The number of rotatable bonds is 4. The minimum absolute atomic E-state index is 0.210. The van der Waals surface area contributed by atoms with E-state index in [1.807, 2.05) is 18.2 Å². The molecule has 0 amide bonds. The van der Waals surface area contributed by atoms with Crippen LogP contribution in [0.1, 0.15) is 43.0 Å². The highest BCUT2D eigenvalue weighted by Crippen LogP contribution is 2.31. The Labute approximate surface area is 150 Å². The molecule has 0 saturated heterocycles. The maximum absolute atomic E-state index is 12.4. The molecule has 1 aromatic heterocycles. The molecule has 1 fully saturated rings. The largest absolute Gasteiger partial charge is 0.462 e. The van der Waals surface area contributed by atoms with Crippen molar-refractivity contribution in [1.29, 1.82) is 0 Å². The molecule has 0 radical (unpaired) electrons. The van der Waals surface area contributed by atoms with Crippen molar-refractivity contribution < 1.29 is 9.53 Å². The number of aromatic nitrogens is 1. The molecule has 128 valence electrons. The lowest BCUT2D eigenvalue weighted by Gasteiger charge is -2.29. The molecule has 3 N–H and O–H groups in total. The zero-order chi connectivity index (χ0) is 17.1. The molecule has 2 aromatic rings. The Morgan fingerprint density at radius 3 is 3.04 bits per heavy atom. The standard InChI is InChI=1S/C18H22BrN3O2/c1-2-24-18(23)15-10-21-16-7-6-11(19)8-14(16)17(15)22-13-5-3-4-12(20)9-13/h6-8,10,12-13H,2-5,9,20H2,1H3,(H,21,22). The fourth-order valence-electron chi connectivity index (χ4n) is 3.25. The number of hydrogen-bond donors (Lipinski definition) is 2. The summed E-state index contributed by atoms with van der Waals surface area (Å²) in [5.74, 6) is -0.352. The van der Waals surface area contributed by atoms with Crippen LogP contribution in [-0.4, -0.2) is 29.6 Å². The van der Waals surface area contributed by atoms with Crippen LogP contribution in [-0.2, 0) is 4.74 Å². The van der Waals surface area contributed by atoms with Crippen LogP contribution in [0.25, 0.3) is 10.9 Å². The SMILES string of the molecule is CCOC(=O)c1cnc2ccc(Br)cc2c1NC1CCCC(N)C1. The zero-order valence-corrected chi connectivity index (χ0v) is 15.3. The Morgan fingerprint density at radius 1 is 1.46 bits per heavy atom.